The Morgan fingerprint density at radius 1 is 1.32 bits per heavy atom. The van der Waals surface area contributed by atoms with Gasteiger partial charge in [-0.1, -0.05) is 38.4 Å². The fourth-order valence-corrected chi connectivity index (χ4v) is 2.87. The Bertz CT molecular complexity index is 408. The van der Waals surface area contributed by atoms with Crippen LogP contribution in [0.25, 0.3) is 0 Å². The Morgan fingerprint density at radius 2 is 2.00 bits per heavy atom. The van der Waals surface area contributed by atoms with E-state index in [1.165, 1.54) is 32.1 Å². The molecule has 0 aromatic carbocycles. The molecule has 0 aliphatic heterocycles. The number of nitrogens with two attached hydrogens (primary N) is 1. The van der Waals surface area contributed by atoms with Crippen molar-refractivity contribution in [3.8, 4) is 0 Å². The van der Waals surface area contributed by atoms with Gasteiger partial charge in [-0.15, -0.1) is 0 Å². The lowest BCUT2D eigenvalue weighted by atomic mass is 9.81. The minimum Gasteiger partial charge on any atom is -0.388 e. The summed E-state index contributed by atoms with van der Waals surface area (Å²) < 4.78 is 0. The number of thiocarbonyl (C=S) groups is 1. The Balaban J connectivity index is 1.78. The molecule has 4 heteroatoms. The Morgan fingerprint density at radius 3 is 2.53 bits per heavy atom. The van der Waals surface area contributed by atoms with Crippen LogP contribution in [0.4, 0.5) is 5.69 Å². The standard InChI is InChI=1S/C15H23N3S/c1-2-11-3-5-12(6-4-11)9-17-13-7-8-14(15(16)19)18-10-13/h7-8,10-12,17H,2-6,9H2,1H3,(H2,16,19). The number of pyridine rings is 1. The van der Waals surface area contributed by atoms with E-state index in [4.69, 9.17) is 18.0 Å². The average Bonchev–Trinajstić information content (AvgIpc) is 2.46. The maximum atomic E-state index is 5.53. The number of anilines is 1. The van der Waals surface area contributed by atoms with Crippen molar-refractivity contribution in [3.05, 3.63) is 24.0 Å². The largest absolute Gasteiger partial charge is 0.388 e. The number of aromatic nitrogens is 1. The van der Waals surface area contributed by atoms with Gasteiger partial charge < -0.3 is 11.1 Å². The molecule has 0 radical (unpaired) electrons. The summed E-state index contributed by atoms with van der Waals surface area (Å²) in [4.78, 5) is 4.59. The highest BCUT2D eigenvalue weighted by atomic mass is 32.1. The van der Waals surface area contributed by atoms with E-state index in [0.717, 1.165) is 24.1 Å². The number of hydrogen-bond acceptors (Lipinski definition) is 3. The molecule has 0 amide bonds. The summed E-state index contributed by atoms with van der Waals surface area (Å²) in [7, 11) is 0. The van der Waals surface area contributed by atoms with Crippen molar-refractivity contribution < 1.29 is 0 Å². The van der Waals surface area contributed by atoms with Crippen LogP contribution in [0.5, 0.6) is 0 Å². The van der Waals surface area contributed by atoms with Gasteiger partial charge in [0.15, 0.2) is 0 Å². The monoisotopic (exact) mass is 277 g/mol. The van der Waals surface area contributed by atoms with Gasteiger partial charge in [-0.2, -0.15) is 0 Å². The van der Waals surface area contributed by atoms with Gasteiger partial charge in [0, 0.05) is 6.54 Å². The van der Waals surface area contributed by atoms with Crippen LogP contribution in [-0.2, 0) is 0 Å². The lowest BCUT2D eigenvalue weighted by Crippen LogP contribution is -2.21. The normalized spacial score (nSPS) is 23.0. The number of hydrogen-bond donors (Lipinski definition) is 2. The minimum atomic E-state index is 0.351. The maximum absolute atomic E-state index is 5.53. The lowest BCUT2D eigenvalue weighted by molar-refractivity contribution is 0.278. The zero-order valence-corrected chi connectivity index (χ0v) is 12.4. The second kappa shape index (κ2) is 6.85. The van der Waals surface area contributed by atoms with Crippen molar-refractivity contribution in [2.45, 2.75) is 39.0 Å². The maximum Gasteiger partial charge on any atom is 0.122 e. The highest BCUT2D eigenvalue weighted by molar-refractivity contribution is 7.80. The van der Waals surface area contributed by atoms with E-state index >= 15 is 0 Å². The van der Waals surface area contributed by atoms with E-state index in [-0.39, 0.29) is 0 Å². The summed E-state index contributed by atoms with van der Waals surface area (Å²) >= 11 is 4.89. The molecule has 1 aromatic heterocycles. The fraction of sp³-hybridized carbons (Fsp3) is 0.600. The summed E-state index contributed by atoms with van der Waals surface area (Å²) in [5, 5.41) is 3.47. The third kappa shape index (κ3) is 4.16. The predicted molar refractivity (Wildman–Crippen MR) is 84.4 cm³/mol. The van der Waals surface area contributed by atoms with E-state index in [9.17, 15) is 0 Å². The molecule has 3 nitrogen and oxygen atoms in total. The molecule has 2 rings (SSSR count). The molecular formula is C15H23N3S. The summed E-state index contributed by atoms with van der Waals surface area (Å²) in [5.74, 6) is 1.76. The molecule has 1 fully saturated rings. The predicted octanol–water partition coefficient (Wildman–Crippen LogP) is 3.34. The summed E-state index contributed by atoms with van der Waals surface area (Å²) in [6.45, 7) is 3.35. The molecule has 1 aromatic rings. The van der Waals surface area contributed by atoms with Crippen LogP contribution in [0.3, 0.4) is 0 Å². The van der Waals surface area contributed by atoms with Gasteiger partial charge in [0.2, 0.25) is 0 Å². The highest BCUT2D eigenvalue weighted by Crippen LogP contribution is 2.30. The minimum absolute atomic E-state index is 0.351. The average molecular weight is 277 g/mol. The Hall–Kier alpha value is -1.16. The first-order valence-electron chi connectivity index (χ1n) is 7.18. The first-order valence-corrected chi connectivity index (χ1v) is 7.59. The molecule has 0 saturated heterocycles. The Labute approximate surface area is 121 Å². The van der Waals surface area contributed by atoms with Crippen molar-refractivity contribution in [1.82, 2.24) is 4.98 Å². The molecule has 0 atom stereocenters. The van der Waals surface area contributed by atoms with Crippen molar-refractivity contribution >= 4 is 22.9 Å². The number of rotatable bonds is 5. The number of nitrogens with one attached hydrogen (secondary N) is 1. The van der Waals surface area contributed by atoms with Crippen LogP contribution in [-0.4, -0.2) is 16.5 Å². The first-order chi connectivity index (χ1) is 9.19. The second-order valence-electron chi connectivity index (χ2n) is 5.47. The molecule has 1 aliphatic rings. The molecule has 1 heterocycles. The van der Waals surface area contributed by atoms with Gasteiger partial charge in [0.25, 0.3) is 0 Å². The smallest absolute Gasteiger partial charge is 0.122 e. The van der Waals surface area contributed by atoms with Crippen LogP contribution in [0.1, 0.15) is 44.7 Å². The van der Waals surface area contributed by atoms with Crippen LogP contribution in [0.2, 0.25) is 0 Å². The molecule has 104 valence electrons. The third-order valence-corrected chi connectivity index (χ3v) is 4.36. The zero-order chi connectivity index (χ0) is 13.7. The summed E-state index contributed by atoms with van der Waals surface area (Å²) in [6, 6.07) is 3.87. The molecule has 0 spiro atoms. The molecular weight excluding hydrogens is 254 g/mol. The molecule has 0 unspecified atom stereocenters. The molecule has 3 N–H and O–H groups in total. The van der Waals surface area contributed by atoms with Gasteiger partial charge in [-0.05, 0) is 36.8 Å². The van der Waals surface area contributed by atoms with E-state index in [2.05, 4.69) is 17.2 Å². The van der Waals surface area contributed by atoms with Crippen LogP contribution >= 0.6 is 12.2 Å². The van der Waals surface area contributed by atoms with Gasteiger partial charge >= 0.3 is 0 Å². The summed E-state index contributed by atoms with van der Waals surface area (Å²) in [6.07, 6.45) is 8.63. The SMILES string of the molecule is CCC1CCC(CNc2ccc(C(N)=S)nc2)CC1. The lowest BCUT2D eigenvalue weighted by Gasteiger charge is -2.28. The van der Waals surface area contributed by atoms with Gasteiger partial charge in [-0.3, -0.25) is 4.98 Å². The van der Waals surface area contributed by atoms with Crippen molar-refractivity contribution in [2.75, 3.05) is 11.9 Å². The van der Waals surface area contributed by atoms with E-state index in [1.807, 2.05) is 18.3 Å². The van der Waals surface area contributed by atoms with Crippen LogP contribution in [0, 0.1) is 11.8 Å². The summed E-state index contributed by atoms with van der Waals surface area (Å²) in [5.41, 5.74) is 7.27. The molecule has 0 bridgehead atoms. The third-order valence-electron chi connectivity index (χ3n) is 4.15. The van der Waals surface area contributed by atoms with Gasteiger partial charge in [0.05, 0.1) is 17.6 Å². The first kappa shape index (κ1) is 14.3. The van der Waals surface area contributed by atoms with Crippen molar-refractivity contribution in [1.29, 1.82) is 0 Å². The van der Waals surface area contributed by atoms with Gasteiger partial charge in [0.1, 0.15) is 4.99 Å². The topological polar surface area (TPSA) is 50.9 Å². The van der Waals surface area contributed by atoms with E-state index < -0.39 is 0 Å². The van der Waals surface area contributed by atoms with Crippen LogP contribution in [0.15, 0.2) is 18.3 Å². The quantitative estimate of drug-likeness (QED) is 0.810. The molecule has 1 aliphatic carbocycles. The fourth-order valence-electron chi connectivity index (χ4n) is 2.75. The molecule has 1 saturated carbocycles. The van der Waals surface area contributed by atoms with Crippen molar-refractivity contribution in [2.24, 2.45) is 17.6 Å². The van der Waals surface area contributed by atoms with Crippen molar-refractivity contribution in [3.63, 3.8) is 0 Å². The van der Waals surface area contributed by atoms with E-state index in [1.54, 1.807) is 0 Å². The van der Waals surface area contributed by atoms with Gasteiger partial charge in [-0.25, -0.2) is 0 Å². The van der Waals surface area contributed by atoms with E-state index in [0.29, 0.717) is 10.7 Å². The highest BCUT2D eigenvalue weighted by Gasteiger charge is 2.19. The number of nitrogens with zero attached hydrogens (tertiary/aromatic N) is 1. The zero-order valence-electron chi connectivity index (χ0n) is 11.6. The second-order valence-corrected chi connectivity index (χ2v) is 5.91. The Kier molecular flexibility index (Phi) is 5.14. The van der Waals surface area contributed by atoms with Crippen LogP contribution < -0.4 is 11.1 Å². The molecule has 19 heavy (non-hydrogen) atoms.